The van der Waals surface area contributed by atoms with Gasteiger partial charge in [0, 0.05) is 0 Å². The molecule has 0 amide bonds. The van der Waals surface area contributed by atoms with Crippen LogP contribution in [0.15, 0.2) is 45.7 Å². The summed E-state index contributed by atoms with van der Waals surface area (Å²) >= 11 is 0. The first kappa shape index (κ1) is 14.0. The fourth-order valence-electron chi connectivity index (χ4n) is 3.65. The van der Waals surface area contributed by atoms with Gasteiger partial charge in [-0.15, -0.1) is 0 Å². The third-order valence-corrected chi connectivity index (χ3v) is 4.65. The smallest absolute Gasteiger partial charge is 0.194 e. The predicted octanol–water partition coefficient (Wildman–Crippen LogP) is 2.87. The van der Waals surface area contributed by atoms with E-state index in [1.165, 1.54) is 6.26 Å². The van der Waals surface area contributed by atoms with E-state index in [1.807, 2.05) is 6.08 Å². The molecule has 1 aromatic rings. The molecule has 2 atom stereocenters. The van der Waals surface area contributed by atoms with Gasteiger partial charge >= 0.3 is 0 Å². The van der Waals surface area contributed by atoms with Crippen molar-refractivity contribution < 1.29 is 4.42 Å². The number of hydrogen-bond acceptors (Lipinski definition) is 5. The Morgan fingerprint density at radius 2 is 2.05 bits per heavy atom. The minimum absolute atomic E-state index is 0.0470. The molecule has 22 heavy (non-hydrogen) atoms. The Kier molecular flexibility index (Phi) is 3.24. The van der Waals surface area contributed by atoms with Gasteiger partial charge in [0.2, 0.25) is 0 Å². The van der Waals surface area contributed by atoms with E-state index < -0.39 is 11.3 Å². The average molecular weight is 290 g/mol. The Bertz CT molecular complexity index is 766. The number of nitriles is 3. The van der Waals surface area contributed by atoms with E-state index in [4.69, 9.17) is 10.2 Å². The first-order valence-corrected chi connectivity index (χ1v) is 7.16. The molecule has 0 aliphatic heterocycles. The maximum atomic E-state index is 9.73. The molecular formula is C17H14N4O. The van der Waals surface area contributed by atoms with Gasteiger partial charge in [0.15, 0.2) is 5.41 Å². The van der Waals surface area contributed by atoms with E-state index in [2.05, 4.69) is 18.2 Å². The van der Waals surface area contributed by atoms with Gasteiger partial charge in [-0.2, -0.15) is 15.8 Å². The maximum absolute atomic E-state index is 9.73. The van der Waals surface area contributed by atoms with Crippen molar-refractivity contribution in [2.24, 2.45) is 17.1 Å². The second-order valence-electron chi connectivity index (χ2n) is 5.62. The van der Waals surface area contributed by atoms with Gasteiger partial charge in [-0.05, 0) is 42.9 Å². The van der Waals surface area contributed by atoms with Gasteiger partial charge in [0.25, 0.3) is 0 Å². The van der Waals surface area contributed by atoms with Crippen molar-refractivity contribution in [3.63, 3.8) is 0 Å². The largest absolute Gasteiger partial charge is 0.469 e. The van der Waals surface area contributed by atoms with Crippen LogP contribution in [0.2, 0.25) is 0 Å². The number of allylic oxidation sites excluding steroid dienone is 4. The Morgan fingerprint density at radius 1 is 1.27 bits per heavy atom. The van der Waals surface area contributed by atoms with Crippen LogP contribution in [0, 0.1) is 45.3 Å². The molecule has 5 heteroatoms. The zero-order chi connectivity index (χ0) is 15.7. The highest BCUT2D eigenvalue weighted by atomic mass is 16.3. The molecule has 2 unspecified atom stereocenters. The standard InChI is InChI=1S/C17H14N4O/c18-8-13-11-4-1-2-5-12(11)15(14-6-3-7-22-14)17(9-19,10-20)16(13)21/h3-4,6-7,12,15H,1-2,5,21H2. The molecule has 0 spiro atoms. The molecule has 0 aromatic carbocycles. The van der Waals surface area contributed by atoms with E-state index in [-0.39, 0.29) is 17.2 Å². The lowest BCUT2D eigenvalue weighted by atomic mass is 9.58. The molecule has 1 aromatic heterocycles. The summed E-state index contributed by atoms with van der Waals surface area (Å²) in [5.74, 6) is -0.0110. The van der Waals surface area contributed by atoms with E-state index in [9.17, 15) is 15.8 Å². The Hall–Kier alpha value is -2.97. The summed E-state index contributed by atoms with van der Waals surface area (Å²) in [7, 11) is 0. The quantitative estimate of drug-likeness (QED) is 0.854. The Morgan fingerprint density at radius 3 is 2.64 bits per heavy atom. The van der Waals surface area contributed by atoms with E-state index in [0.717, 1.165) is 24.8 Å². The van der Waals surface area contributed by atoms with Crippen LogP contribution in [-0.4, -0.2) is 0 Å². The third-order valence-electron chi connectivity index (χ3n) is 4.65. The zero-order valence-electron chi connectivity index (χ0n) is 11.9. The SMILES string of the molecule is N#CC1=C(N)C(C#N)(C#N)C(c2ccco2)C2CCCC=C12. The van der Waals surface area contributed by atoms with Crippen LogP contribution in [0.25, 0.3) is 0 Å². The fourth-order valence-corrected chi connectivity index (χ4v) is 3.65. The van der Waals surface area contributed by atoms with Gasteiger partial charge in [-0.1, -0.05) is 6.08 Å². The van der Waals surface area contributed by atoms with Gasteiger partial charge in [-0.3, -0.25) is 0 Å². The van der Waals surface area contributed by atoms with Crippen molar-refractivity contribution in [2.75, 3.05) is 0 Å². The fraction of sp³-hybridized carbons (Fsp3) is 0.353. The molecule has 0 fully saturated rings. The zero-order valence-corrected chi connectivity index (χ0v) is 11.9. The first-order chi connectivity index (χ1) is 10.7. The van der Waals surface area contributed by atoms with Crippen molar-refractivity contribution in [3.05, 3.63) is 47.1 Å². The Labute approximate surface area is 128 Å². The van der Waals surface area contributed by atoms with Crippen LogP contribution in [-0.2, 0) is 0 Å². The molecule has 0 bridgehead atoms. The molecule has 2 aliphatic rings. The van der Waals surface area contributed by atoms with Gasteiger partial charge in [-0.25, -0.2) is 0 Å². The maximum Gasteiger partial charge on any atom is 0.194 e. The molecule has 0 radical (unpaired) electrons. The van der Waals surface area contributed by atoms with Gasteiger partial charge in [0.05, 0.1) is 35.6 Å². The second kappa shape index (κ2) is 5.10. The third kappa shape index (κ3) is 1.68. The van der Waals surface area contributed by atoms with Crippen molar-refractivity contribution in [3.8, 4) is 18.2 Å². The lowest BCUT2D eigenvalue weighted by molar-refractivity contribution is 0.275. The molecule has 108 valence electrons. The molecule has 2 N–H and O–H groups in total. The molecule has 1 heterocycles. The summed E-state index contributed by atoms with van der Waals surface area (Å²) in [4.78, 5) is 0. The normalized spacial score (nSPS) is 26.1. The molecule has 3 rings (SSSR count). The Balaban J connectivity index is 2.33. The van der Waals surface area contributed by atoms with Crippen LogP contribution in [0.3, 0.4) is 0 Å². The highest BCUT2D eigenvalue weighted by Crippen LogP contribution is 2.55. The first-order valence-electron chi connectivity index (χ1n) is 7.16. The number of hydrogen-bond donors (Lipinski definition) is 1. The summed E-state index contributed by atoms with van der Waals surface area (Å²) in [5.41, 5.74) is 5.75. The molecule has 2 aliphatic carbocycles. The van der Waals surface area contributed by atoms with Crippen LogP contribution in [0.1, 0.15) is 30.9 Å². The lowest BCUT2D eigenvalue weighted by Gasteiger charge is -2.41. The van der Waals surface area contributed by atoms with Crippen molar-refractivity contribution in [1.82, 2.24) is 0 Å². The minimum Gasteiger partial charge on any atom is -0.469 e. The predicted molar refractivity (Wildman–Crippen MR) is 77.4 cm³/mol. The van der Waals surface area contributed by atoms with Crippen LogP contribution >= 0.6 is 0 Å². The van der Waals surface area contributed by atoms with Gasteiger partial charge in [0.1, 0.15) is 11.8 Å². The lowest BCUT2D eigenvalue weighted by Crippen LogP contribution is -2.42. The van der Waals surface area contributed by atoms with Crippen molar-refractivity contribution in [2.45, 2.75) is 25.2 Å². The number of fused-ring (bicyclic) bond motifs is 1. The summed E-state index contributed by atoms with van der Waals surface area (Å²) in [6.07, 6.45) is 6.17. The topological polar surface area (TPSA) is 111 Å². The van der Waals surface area contributed by atoms with E-state index >= 15 is 0 Å². The summed E-state index contributed by atoms with van der Waals surface area (Å²) in [6, 6.07) is 9.74. The molecular weight excluding hydrogens is 276 g/mol. The van der Waals surface area contributed by atoms with Crippen molar-refractivity contribution in [1.29, 1.82) is 15.8 Å². The molecule has 0 saturated heterocycles. The van der Waals surface area contributed by atoms with Crippen molar-refractivity contribution >= 4 is 0 Å². The number of nitrogens with two attached hydrogens (primary N) is 1. The summed E-state index contributed by atoms with van der Waals surface area (Å²) in [5, 5.41) is 28.9. The minimum atomic E-state index is -1.57. The number of furan rings is 1. The van der Waals surface area contributed by atoms with Gasteiger partial charge < -0.3 is 10.2 Å². The van der Waals surface area contributed by atoms with E-state index in [1.54, 1.807) is 12.1 Å². The molecule has 5 nitrogen and oxygen atoms in total. The van der Waals surface area contributed by atoms with E-state index in [0.29, 0.717) is 5.76 Å². The van der Waals surface area contributed by atoms with Crippen LogP contribution < -0.4 is 5.73 Å². The second-order valence-corrected chi connectivity index (χ2v) is 5.62. The summed E-state index contributed by atoms with van der Waals surface area (Å²) < 4.78 is 5.51. The highest BCUT2D eigenvalue weighted by molar-refractivity contribution is 5.58. The number of nitrogens with zero attached hydrogens (tertiary/aromatic N) is 3. The highest BCUT2D eigenvalue weighted by Gasteiger charge is 2.54. The van der Waals surface area contributed by atoms with Crippen LogP contribution in [0.4, 0.5) is 0 Å². The number of rotatable bonds is 1. The summed E-state index contributed by atoms with van der Waals surface area (Å²) in [6.45, 7) is 0. The average Bonchev–Trinajstić information content (AvgIpc) is 3.08. The molecule has 0 saturated carbocycles. The van der Waals surface area contributed by atoms with Crippen LogP contribution in [0.5, 0.6) is 0 Å². The monoisotopic (exact) mass is 290 g/mol.